The second kappa shape index (κ2) is 13.2. The zero-order chi connectivity index (χ0) is 20.4. The molecule has 2 rings (SSSR count). The Hall–Kier alpha value is -1.13. The molecule has 0 radical (unpaired) electrons. The zero-order valence-electron chi connectivity index (χ0n) is 18.1. The minimum absolute atomic E-state index is 0. The fourth-order valence-electron chi connectivity index (χ4n) is 3.53. The van der Waals surface area contributed by atoms with Crippen molar-refractivity contribution in [1.29, 1.82) is 0 Å². The van der Waals surface area contributed by atoms with Crippen LogP contribution in [0, 0.1) is 11.3 Å². The summed E-state index contributed by atoms with van der Waals surface area (Å²) >= 11 is 0. The molecular formula is C21H37IN4O3. The van der Waals surface area contributed by atoms with Gasteiger partial charge in [-0.15, -0.1) is 24.0 Å². The fourth-order valence-corrected chi connectivity index (χ4v) is 3.53. The largest absolute Gasteiger partial charge is 0.475 e. The molecule has 3 N–H and O–H groups in total. The third-order valence-corrected chi connectivity index (χ3v) is 5.07. The van der Waals surface area contributed by atoms with Crippen molar-refractivity contribution >= 4 is 29.9 Å². The molecule has 2 heterocycles. The van der Waals surface area contributed by atoms with Crippen molar-refractivity contribution in [3.63, 3.8) is 0 Å². The molecule has 0 aromatic carbocycles. The van der Waals surface area contributed by atoms with Crippen LogP contribution in [0.5, 0.6) is 5.88 Å². The zero-order valence-corrected chi connectivity index (χ0v) is 20.4. The van der Waals surface area contributed by atoms with Gasteiger partial charge < -0.3 is 25.2 Å². The third-order valence-electron chi connectivity index (χ3n) is 5.07. The summed E-state index contributed by atoms with van der Waals surface area (Å²) in [6.07, 6.45) is 4.60. The molecule has 0 saturated carbocycles. The van der Waals surface area contributed by atoms with Gasteiger partial charge in [-0.3, -0.25) is 4.99 Å². The van der Waals surface area contributed by atoms with Crippen LogP contribution in [0.15, 0.2) is 23.3 Å². The van der Waals surface area contributed by atoms with E-state index < -0.39 is 0 Å². The molecule has 2 atom stereocenters. The Labute approximate surface area is 192 Å². The minimum atomic E-state index is -0.0173. The summed E-state index contributed by atoms with van der Waals surface area (Å²) in [5.41, 5.74) is 1.07. The lowest BCUT2D eigenvalue weighted by Crippen LogP contribution is -2.44. The van der Waals surface area contributed by atoms with Crippen LogP contribution < -0.4 is 15.4 Å². The summed E-state index contributed by atoms with van der Waals surface area (Å²) in [4.78, 5) is 8.62. The van der Waals surface area contributed by atoms with Crippen LogP contribution in [0.4, 0.5) is 0 Å². The Morgan fingerprint density at radius 3 is 2.79 bits per heavy atom. The van der Waals surface area contributed by atoms with Crippen LogP contribution in [-0.4, -0.2) is 55.6 Å². The predicted molar refractivity (Wildman–Crippen MR) is 127 cm³/mol. The predicted octanol–water partition coefficient (Wildman–Crippen LogP) is 2.97. The molecule has 29 heavy (non-hydrogen) atoms. The third kappa shape index (κ3) is 9.04. The first-order chi connectivity index (χ1) is 13.5. The highest BCUT2D eigenvalue weighted by Gasteiger charge is 2.34. The van der Waals surface area contributed by atoms with E-state index in [2.05, 4.69) is 41.4 Å². The number of aliphatic hydroxyl groups excluding tert-OH is 1. The van der Waals surface area contributed by atoms with Gasteiger partial charge >= 0.3 is 0 Å². The molecule has 7 nitrogen and oxygen atoms in total. The van der Waals surface area contributed by atoms with Crippen LogP contribution in [0.2, 0.25) is 0 Å². The van der Waals surface area contributed by atoms with Crippen molar-refractivity contribution in [2.45, 2.75) is 52.7 Å². The highest BCUT2D eigenvalue weighted by molar-refractivity contribution is 14.0. The second-order valence-electron chi connectivity index (χ2n) is 8.12. The van der Waals surface area contributed by atoms with Gasteiger partial charge in [0.15, 0.2) is 5.96 Å². The van der Waals surface area contributed by atoms with Gasteiger partial charge in [0.25, 0.3) is 0 Å². The van der Waals surface area contributed by atoms with E-state index in [1.165, 1.54) is 0 Å². The topological polar surface area (TPSA) is 88.0 Å². The summed E-state index contributed by atoms with van der Waals surface area (Å²) in [6.45, 7) is 9.41. The average Bonchev–Trinajstić information content (AvgIpc) is 3.10. The monoisotopic (exact) mass is 520 g/mol. The maximum Gasteiger partial charge on any atom is 0.213 e. The van der Waals surface area contributed by atoms with Crippen molar-refractivity contribution in [2.24, 2.45) is 16.3 Å². The Balaban J connectivity index is 0.00000420. The van der Waals surface area contributed by atoms with Gasteiger partial charge in [-0.1, -0.05) is 13.8 Å². The number of halogens is 1. The number of aliphatic hydroxyl groups is 1. The summed E-state index contributed by atoms with van der Waals surface area (Å²) in [7, 11) is 1.76. The molecule has 0 bridgehead atoms. The number of pyridine rings is 1. The quantitative estimate of drug-likeness (QED) is 0.250. The van der Waals surface area contributed by atoms with Gasteiger partial charge in [0, 0.05) is 51.0 Å². The number of rotatable bonds is 10. The number of ether oxygens (including phenoxy) is 2. The molecule has 1 aromatic rings. The minimum Gasteiger partial charge on any atom is -0.475 e. The van der Waals surface area contributed by atoms with Crippen LogP contribution >= 0.6 is 24.0 Å². The molecular weight excluding hydrogens is 483 g/mol. The SMILES string of the molecule is CN=C(NCc1ccnc(OC(C)CC(C)C)c1)NCC1(CCO)CCOC1.I. The van der Waals surface area contributed by atoms with Gasteiger partial charge in [-0.05, 0) is 43.7 Å². The van der Waals surface area contributed by atoms with Crippen molar-refractivity contribution in [1.82, 2.24) is 15.6 Å². The lowest BCUT2D eigenvalue weighted by atomic mass is 9.84. The lowest BCUT2D eigenvalue weighted by Gasteiger charge is -2.27. The molecule has 1 fully saturated rings. The van der Waals surface area contributed by atoms with E-state index in [9.17, 15) is 5.11 Å². The number of nitrogens with zero attached hydrogens (tertiary/aromatic N) is 2. The van der Waals surface area contributed by atoms with Crippen molar-refractivity contribution in [3.8, 4) is 5.88 Å². The molecule has 0 aliphatic carbocycles. The smallest absolute Gasteiger partial charge is 0.213 e. The lowest BCUT2D eigenvalue weighted by molar-refractivity contribution is 0.127. The van der Waals surface area contributed by atoms with E-state index >= 15 is 0 Å². The number of hydrogen-bond acceptors (Lipinski definition) is 5. The highest BCUT2D eigenvalue weighted by Crippen LogP contribution is 2.31. The van der Waals surface area contributed by atoms with E-state index in [1.807, 2.05) is 12.1 Å². The maximum absolute atomic E-state index is 9.36. The van der Waals surface area contributed by atoms with E-state index in [0.717, 1.165) is 43.9 Å². The second-order valence-corrected chi connectivity index (χ2v) is 8.12. The first-order valence-corrected chi connectivity index (χ1v) is 10.2. The Bertz CT molecular complexity index is 622. The van der Waals surface area contributed by atoms with Crippen LogP contribution in [-0.2, 0) is 11.3 Å². The van der Waals surface area contributed by atoms with E-state index in [1.54, 1.807) is 13.2 Å². The summed E-state index contributed by atoms with van der Waals surface area (Å²) in [5, 5.41) is 16.1. The van der Waals surface area contributed by atoms with Gasteiger partial charge in [0.05, 0.1) is 12.7 Å². The Morgan fingerprint density at radius 2 is 2.17 bits per heavy atom. The van der Waals surface area contributed by atoms with Crippen LogP contribution in [0.25, 0.3) is 0 Å². The average molecular weight is 520 g/mol. The normalized spacial score (nSPS) is 20.3. The van der Waals surface area contributed by atoms with Gasteiger partial charge in [-0.2, -0.15) is 0 Å². The first-order valence-electron chi connectivity index (χ1n) is 10.2. The Kier molecular flexibility index (Phi) is 11.8. The summed E-state index contributed by atoms with van der Waals surface area (Å²) in [5.74, 6) is 1.98. The fraction of sp³-hybridized carbons (Fsp3) is 0.714. The molecule has 166 valence electrons. The standard InChI is InChI=1S/C21H36N4O3.HI/c1-16(2)11-17(3)28-19-12-18(5-8-23-19)13-24-20(22-4)25-14-21(6-9-26)7-10-27-15-21;/h5,8,12,16-17,26H,6-7,9-11,13-15H2,1-4H3,(H2,22,24,25);1H. The van der Waals surface area contributed by atoms with Crippen LogP contribution in [0.3, 0.4) is 0 Å². The number of guanidine groups is 1. The van der Waals surface area contributed by atoms with Crippen molar-refractivity contribution < 1.29 is 14.6 Å². The van der Waals surface area contributed by atoms with Crippen molar-refractivity contribution in [3.05, 3.63) is 23.9 Å². The van der Waals surface area contributed by atoms with E-state index in [-0.39, 0.29) is 42.1 Å². The molecule has 0 spiro atoms. The Morgan fingerprint density at radius 1 is 1.38 bits per heavy atom. The first kappa shape index (κ1) is 25.9. The summed E-state index contributed by atoms with van der Waals surface area (Å²) in [6, 6.07) is 3.94. The molecule has 1 aliphatic heterocycles. The van der Waals surface area contributed by atoms with Gasteiger partial charge in [0.2, 0.25) is 5.88 Å². The molecule has 1 aromatic heterocycles. The number of aliphatic imine (C=N–C) groups is 1. The molecule has 1 aliphatic rings. The van der Waals surface area contributed by atoms with Gasteiger partial charge in [-0.25, -0.2) is 4.98 Å². The number of hydrogen-bond donors (Lipinski definition) is 3. The molecule has 2 unspecified atom stereocenters. The van der Waals surface area contributed by atoms with Gasteiger partial charge in [0.1, 0.15) is 0 Å². The van der Waals surface area contributed by atoms with E-state index in [4.69, 9.17) is 9.47 Å². The van der Waals surface area contributed by atoms with Crippen LogP contribution in [0.1, 0.15) is 45.6 Å². The highest BCUT2D eigenvalue weighted by atomic mass is 127. The van der Waals surface area contributed by atoms with E-state index in [0.29, 0.717) is 24.9 Å². The molecule has 8 heteroatoms. The van der Waals surface area contributed by atoms with Crippen molar-refractivity contribution in [2.75, 3.05) is 33.4 Å². The maximum atomic E-state index is 9.36. The number of nitrogens with one attached hydrogen (secondary N) is 2. The summed E-state index contributed by atoms with van der Waals surface area (Å²) < 4.78 is 11.5. The molecule has 1 saturated heterocycles. The number of aromatic nitrogens is 1. The molecule has 0 amide bonds.